The van der Waals surface area contributed by atoms with E-state index in [1.807, 2.05) is 0 Å². The van der Waals surface area contributed by atoms with Gasteiger partial charge in [-0.05, 0) is 26.8 Å². The quantitative estimate of drug-likeness (QED) is 0.844. The summed E-state index contributed by atoms with van der Waals surface area (Å²) in [6, 6.07) is 0.654. The maximum absolute atomic E-state index is 5.68. The molecule has 0 bridgehead atoms. The molecule has 2 rings (SSSR count). The minimum Gasteiger partial charge on any atom is -0.381 e. The van der Waals surface area contributed by atoms with Gasteiger partial charge in [-0.1, -0.05) is 6.92 Å². The van der Waals surface area contributed by atoms with Crippen molar-refractivity contribution in [3.8, 4) is 0 Å². The molecule has 2 fully saturated rings. The van der Waals surface area contributed by atoms with Gasteiger partial charge in [0.1, 0.15) is 0 Å². The number of nitrogens with one attached hydrogen (secondary N) is 1. The molecule has 18 heavy (non-hydrogen) atoms. The molecule has 0 aromatic rings. The van der Waals surface area contributed by atoms with E-state index < -0.39 is 0 Å². The van der Waals surface area contributed by atoms with Crippen molar-refractivity contribution in [2.75, 3.05) is 45.1 Å². The van der Waals surface area contributed by atoms with E-state index >= 15 is 0 Å². The average Bonchev–Trinajstić information content (AvgIpc) is 2.31. The summed E-state index contributed by atoms with van der Waals surface area (Å²) in [7, 11) is 0. The number of ether oxygens (including phenoxy) is 1. The Hall–Kier alpha value is 0.230. The molecule has 0 amide bonds. The van der Waals surface area contributed by atoms with Crippen LogP contribution < -0.4 is 5.32 Å². The van der Waals surface area contributed by atoms with Gasteiger partial charge in [0.05, 0.1) is 6.61 Å². The summed E-state index contributed by atoms with van der Waals surface area (Å²) in [4.78, 5) is 2.64. The van der Waals surface area contributed by atoms with Gasteiger partial charge in [-0.3, -0.25) is 0 Å². The van der Waals surface area contributed by atoms with Gasteiger partial charge in [-0.15, -0.1) is 0 Å². The zero-order valence-corrected chi connectivity index (χ0v) is 12.9. The van der Waals surface area contributed by atoms with Crippen molar-refractivity contribution < 1.29 is 4.74 Å². The van der Waals surface area contributed by atoms with E-state index in [4.69, 9.17) is 4.74 Å². The first kappa shape index (κ1) is 14.6. The Morgan fingerprint density at radius 2 is 2.28 bits per heavy atom. The van der Waals surface area contributed by atoms with Gasteiger partial charge in [0, 0.05) is 48.7 Å². The fourth-order valence-electron chi connectivity index (χ4n) is 3.11. The molecule has 2 saturated heterocycles. The molecule has 2 atom stereocenters. The van der Waals surface area contributed by atoms with Crippen LogP contribution >= 0.6 is 11.8 Å². The summed E-state index contributed by atoms with van der Waals surface area (Å²) in [6.07, 6.45) is 1.17. The van der Waals surface area contributed by atoms with Crippen molar-refractivity contribution in [1.29, 1.82) is 0 Å². The normalized spacial score (nSPS) is 33.5. The van der Waals surface area contributed by atoms with Crippen LogP contribution in [-0.2, 0) is 4.74 Å². The molecule has 2 aliphatic rings. The van der Waals surface area contributed by atoms with Crippen LogP contribution in [0, 0.1) is 5.92 Å². The summed E-state index contributed by atoms with van der Waals surface area (Å²) in [5, 5.41) is 3.63. The highest BCUT2D eigenvalue weighted by atomic mass is 32.2. The van der Waals surface area contributed by atoms with Crippen LogP contribution in [-0.4, -0.2) is 60.8 Å². The van der Waals surface area contributed by atoms with Gasteiger partial charge >= 0.3 is 0 Å². The number of rotatable bonds is 4. The predicted octanol–water partition coefficient (Wildman–Crippen LogP) is 1.83. The smallest absolute Gasteiger partial charge is 0.0521 e. The first-order valence-electron chi connectivity index (χ1n) is 7.28. The van der Waals surface area contributed by atoms with Crippen molar-refractivity contribution >= 4 is 11.8 Å². The standard InChI is InChI=1S/C14H28N2OS/c1-4-15-13-5-7-17-10-12(13)9-16-6-8-18-14(2,3)11-16/h12-13,15H,4-11H2,1-3H3. The van der Waals surface area contributed by atoms with Crippen LogP contribution in [0.4, 0.5) is 0 Å². The topological polar surface area (TPSA) is 24.5 Å². The van der Waals surface area contributed by atoms with Gasteiger partial charge in [-0.2, -0.15) is 11.8 Å². The van der Waals surface area contributed by atoms with E-state index in [-0.39, 0.29) is 0 Å². The Bertz CT molecular complexity index is 258. The minimum atomic E-state index is 0.418. The van der Waals surface area contributed by atoms with Gasteiger partial charge in [0.15, 0.2) is 0 Å². The lowest BCUT2D eigenvalue weighted by molar-refractivity contribution is 0.0164. The lowest BCUT2D eigenvalue weighted by Gasteiger charge is -2.41. The molecule has 0 radical (unpaired) electrons. The largest absolute Gasteiger partial charge is 0.381 e. The zero-order valence-electron chi connectivity index (χ0n) is 12.1. The summed E-state index contributed by atoms with van der Waals surface area (Å²) in [5.74, 6) is 1.93. The van der Waals surface area contributed by atoms with E-state index in [1.54, 1.807) is 0 Å². The Balaban J connectivity index is 1.86. The summed E-state index contributed by atoms with van der Waals surface area (Å²) in [5.41, 5.74) is 0. The molecular weight excluding hydrogens is 244 g/mol. The minimum absolute atomic E-state index is 0.418. The second kappa shape index (κ2) is 6.60. The highest BCUT2D eigenvalue weighted by Crippen LogP contribution is 2.30. The lowest BCUT2D eigenvalue weighted by atomic mass is 9.94. The van der Waals surface area contributed by atoms with Gasteiger partial charge < -0.3 is 15.0 Å². The molecule has 0 aliphatic carbocycles. The zero-order chi connectivity index (χ0) is 13.0. The lowest BCUT2D eigenvalue weighted by Crippen LogP contribution is -2.51. The molecule has 4 heteroatoms. The fraction of sp³-hybridized carbons (Fsp3) is 1.00. The number of thioether (sulfide) groups is 1. The van der Waals surface area contributed by atoms with Crippen LogP contribution in [0.3, 0.4) is 0 Å². The second-order valence-corrected chi connectivity index (χ2v) is 7.93. The van der Waals surface area contributed by atoms with E-state index in [0.29, 0.717) is 16.7 Å². The van der Waals surface area contributed by atoms with Crippen molar-refractivity contribution in [3.63, 3.8) is 0 Å². The molecule has 0 spiro atoms. The summed E-state index contributed by atoms with van der Waals surface area (Å²) in [6.45, 7) is 13.5. The molecular formula is C14H28N2OS. The molecule has 2 aliphatic heterocycles. The van der Waals surface area contributed by atoms with Crippen molar-refractivity contribution in [3.05, 3.63) is 0 Å². The number of hydrogen-bond acceptors (Lipinski definition) is 4. The highest BCUT2D eigenvalue weighted by molar-refractivity contribution is 8.00. The van der Waals surface area contributed by atoms with Crippen LogP contribution in [0.2, 0.25) is 0 Å². The second-order valence-electron chi connectivity index (χ2n) is 6.13. The SMILES string of the molecule is CCNC1CCOCC1CN1CCSC(C)(C)C1. The van der Waals surface area contributed by atoms with Gasteiger partial charge in [0.25, 0.3) is 0 Å². The molecule has 0 aromatic heterocycles. The van der Waals surface area contributed by atoms with Crippen LogP contribution in [0.15, 0.2) is 0 Å². The van der Waals surface area contributed by atoms with Crippen molar-refractivity contribution in [1.82, 2.24) is 10.2 Å². The van der Waals surface area contributed by atoms with Crippen molar-refractivity contribution in [2.24, 2.45) is 5.92 Å². The molecule has 2 heterocycles. The Labute approximate surface area is 116 Å². The third kappa shape index (κ3) is 4.12. The maximum Gasteiger partial charge on any atom is 0.0521 e. The first-order chi connectivity index (χ1) is 8.61. The monoisotopic (exact) mass is 272 g/mol. The Morgan fingerprint density at radius 3 is 3.00 bits per heavy atom. The van der Waals surface area contributed by atoms with Crippen LogP contribution in [0.25, 0.3) is 0 Å². The van der Waals surface area contributed by atoms with Gasteiger partial charge in [0.2, 0.25) is 0 Å². The van der Waals surface area contributed by atoms with Crippen LogP contribution in [0.5, 0.6) is 0 Å². The van der Waals surface area contributed by atoms with Crippen molar-refractivity contribution in [2.45, 2.75) is 38.0 Å². The van der Waals surface area contributed by atoms with Crippen LogP contribution in [0.1, 0.15) is 27.2 Å². The van der Waals surface area contributed by atoms with E-state index in [9.17, 15) is 0 Å². The maximum atomic E-state index is 5.68. The van der Waals surface area contributed by atoms with E-state index in [0.717, 1.165) is 19.8 Å². The summed E-state index contributed by atoms with van der Waals surface area (Å²) >= 11 is 2.11. The van der Waals surface area contributed by atoms with E-state index in [1.165, 1.54) is 31.8 Å². The average molecular weight is 272 g/mol. The molecule has 2 unspecified atom stereocenters. The Kier molecular flexibility index (Phi) is 5.36. The number of nitrogens with zero attached hydrogens (tertiary/aromatic N) is 1. The molecule has 0 aromatic carbocycles. The predicted molar refractivity (Wildman–Crippen MR) is 79.4 cm³/mol. The third-order valence-electron chi connectivity index (χ3n) is 3.94. The van der Waals surface area contributed by atoms with E-state index in [2.05, 4.69) is 42.7 Å². The highest BCUT2D eigenvalue weighted by Gasteiger charge is 2.31. The molecule has 1 N–H and O–H groups in total. The summed E-state index contributed by atoms with van der Waals surface area (Å²) < 4.78 is 6.10. The Morgan fingerprint density at radius 1 is 1.44 bits per heavy atom. The van der Waals surface area contributed by atoms with Gasteiger partial charge in [-0.25, -0.2) is 0 Å². The molecule has 0 saturated carbocycles. The number of hydrogen-bond donors (Lipinski definition) is 1. The first-order valence-corrected chi connectivity index (χ1v) is 8.27. The fourth-order valence-corrected chi connectivity index (χ4v) is 4.29. The third-order valence-corrected chi connectivity index (χ3v) is 5.24. The molecule has 106 valence electrons. The molecule has 3 nitrogen and oxygen atoms in total.